The van der Waals surface area contributed by atoms with Gasteiger partial charge in [0.2, 0.25) is 0 Å². The highest BCUT2D eigenvalue weighted by molar-refractivity contribution is 7.12. The number of hydrogen-bond acceptors (Lipinski definition) is 3. The van der Waals surface area contributed by atoms with Gasteiger partial charge in [0, 0.05) is 29.5 Å². The Morgan fingerprint density at radius 3 is 2.65 bits per heavy atom. The summed E-state index contributed by atoms with van der Waals surface area (Å²) in [6.07, 6.45) is 3.65. The first-order valence-corrected chi connectivity index (χ1v) is 7.26. The fourth-order valence-electron chi connectivity index (χ4n) is 2.06. The highest BCUT2D eigenvalue weighted by Crippen LogP contribution is 2.25. The van der Waals surface area contributed by atoms with E-state index in [1.54, 1.807) is 7.11 Å². The van der Waals surface area contributed by atoms with Crippen LogP contribution < -0.4 is 5.32 Å². The Morgan fingerprint density at radius 2 is 2.06 bits per heavy atom. The van der Waals surface area contributed by atoms with Crippen LogP contribution in [0.15, 0.2) is 6.07 Å². The first kappa shape index (κ1) is 14.7. The van der Waals surface area contributed by atoms with E-state index in [1.807, 2.05) is 11.3 Å². The molecule has 1 rings (SSSR count). The molecule has 0 aromatic carbocycles. The Labute approximate surface area is 109 Å². The minimum absolute atomic E-state index is 0.474. The Balaban J connectivity index is 2.21. The first-order valence-electron chi connectivity index (χ1n) is 6.44. The molecule has 1 N–H and O–H groups in total. The van der Waals surface area contributed by atoms with Crippen LogP contribution in [0.2, 0.25) is 0 Å². The summed E-state index contributed by atoms with van der Waals surface area (Å²) < 4.78 is 5.04. The van der Waals surface area contributed by atoms with Gasteiger partial charge in [-0.2, -0.15) is 0 Å². The summed E-state index contributed by atoms with van der Waals surface area (Å²) in [6.45, 7) is 8.63. The highest BCUT2D eigenvalue weighted by atomic mass is 32.1. The van der Waals surface area contributed by atoms with Crippen molar-refractivity contribution in [2.24, 2.45) is 0 Å². The minimum atomic E-state index is 0.474. The number of thiophene rings is 1. The number of aryl methyl sites for hydroxylation is 2. The normalized spacial score (nSPS) is 12.9. The second-order valence-electron chi connectivity index (χ2n) is 4.60. The lowest BCUT2D eigenvalue weighted by atomic mass is 10.1. The molecule has 0 amide bonds. The summed E-state index contributed by atoms with van der Waals surface area (Å²) in [5.74, 6) is 0. The summed E-state index contributed by atoms with van der Waals surface area (Å²) in [6, 6.07) is 2.78. The van der Waals surface area contributed by atoms with Gasteiger partial charge in [-0.3, -0.25) is 0 Å². The number of hydrogen-bond donors (Lipinski definition) is 1. The lowest BCUT2D eigenvalue weighted by Crippen LogP contribution is -2.20. The van der Waals surface area contributed by atoms with Crippen LogP contribution in [0.4, 0.5) is 0 Å². The van der Waals surface area contributed by atoms with Crippen molar-refractivity contribution in [2.75, 3.05) is 20.3 Å². The van der Waals surface area contributed by atoms with Crippen molar-refractivity contribution in [3.63, 3.8) is 0 Å². The van der Waals surface area contributed by atoms with E-state index in [4.69, 9.17) is 4.74 Å². The minimum Gasteiger partial charge on any atom is -0.385 e. The van der Waals surface area contributed by atoms with Crippen LogP contribution >= 0.6 is 11.3 Å². The SMILES string of the molecule is COCCCCCNC(C)c1cc(C)sc1C. The first-order chi connectivity index (χ1) is 8.15. The predicted octanol–water partition coefficient (Wildman–Crippen LogP) is 3.83. The molecule has 0 radical (unpaired) electrons. The van der Waals surface area contributed by atoms with E-state index in [0.29, 0.717) is 6.04 Å². The average molecular weight is 255 g/mol. The zero-order chi connectivity index (χ0) is 12.7. The molecule has 1 aromatic rings. The van der Waals surface area contributed by atoms with Crippen molar-refractivity contribution >= 4 is 11.3 Å². The standard InChI is InChI=1S/C14H25NOS/c1-11-10-14(13(3)17-11)12(2)15-8-6-5-7-9-16-4/h10,12,15H,5-9H2,1-4H3. The van der Waals surface area contributed by atoms with Crippen LogP contribution in [-0.4, -0.2) is 20.3 Å². The number of methoxy groups -OCH3 is 1. The van der Waals surface area contributed by atoms with Crippen molar-refractivity contribution in [3.8, 4) is 0 Å². The van der Waals surface area contributed by atoms with E-state index in [0.717, 1.165) is 13.2 Å². The number of nitrogens with one attached hydrogen (secondary N) is 1. The third-order valence-corrected chi connectivity index (χ3v) is 4.00. The molecular weight excluding hydrogens is 230 g/mol. The van der Waals surface area contributed by atoms with Gasteiger partial charge in [-0.25, -0.2) is 0 Å². The van der Waals surface area contributed by atoms with Gasteiger partial charge >= 0.3 is 0 Å². The number of rotatable bonds is 8. The molecule has 0 aliphatic carbocycles. The molecule has 1 atom stereocenters. The zero-order valence-electron chi connectivity index (χ0n) is 11.5. The maximum absolute atomic E-state index is 5.04. The van der Waals surface area contributed by atoms with Gasteiger partial charge in [0.05, 0.1) is 0 Å². The van der Waals surface area contributed by atoms with Gasteiger partial charge in [-0.05, 0) is 58.2 Å². The Morgan fingerprint density at radius 1 is 1.29 bits per heavy atom. The maximum atomic E-state index is 5.04. The number of unbranched alkanes of at least 4 members (excludes halogenated alkanes) is 2. The fourth-order valence-corrected chi connectivity index (χ4v) is 3.08. The van der Waals surface area contributed by atoms with Crippen LogP contribution in [0.1, 0.15) is 47.5 Å². The third kappa shape index (κ3) is 5.19. The van der Waals surface area contributed by atoms with Crippen molar-refractivity contribution in [3.05, 3.63) is 21.4 Å². The molecule has 17 heavy (non-hydrogen) atoms. The Hall–Kier alpha value is -0.380. The molecule has 3 heteroatoms. The van der Waals surface area contributed by atoms with Crippen LogP contribution in [0.5, 0.6) is 0 Å². The summed E-state index contributed by atoms with van der Waals surface area (Å²) >= 11 is 1.89. The summed E-state index contributed by atoms with van der Waals surface area (Å²) in [5, 5.41) is 3.60. The molecule has 0 aliphatic rings. The molecular formula is C14H25NOS. The molecule has 98 valence electrons. The van der Waals surface area contributed by atoms with E-state index in [-0.39, 0.29) is 0 Å². The lowest BCUT2D eigenvalue weighted by molar-refractivity contribution is 0.192. The quantitative estimate of drug-likeness (QED) is 0.713. The zero-order valence-corrected chi connectivity index (χ0v) is 12.3. The highest BCUT2D eigenvalue weighted by Gasteiger charge is 2.09. The van der Waals surface area contributed by atoms with E-state index in [2.05, 4.69) is 32.2 Å². The van der Waals surface area contributed by atoms with Crippen molar-refractivity contribution in [1.82, 2.24) is 5.32 Å². The Bertz CT molecular complexity index is 322. The molecule has 2 nitrogen and oxygen atoms in total. The fraction of sp³-hybridized carbons (Fsp3) is 0.714. The van der Waals surface area contributed by atoms with Crippen LogP contribution in [0.3, 0.4) is 0 Å². The van der Waals surface area contributed by atoms with Crippen LogP contribution in [-0.2, 0) is 4.74 Å². The van der Waals surface area contributed by atoms with E-state index >= 15 is 0 Å². The average Bonchev–Trinajstić information content (AvgIpc) is 2.62. The second kappa shape index (κ2) is 7.85. The second-order valence-corrected chi connectivity index (χ2v) is 6.06. The maximum Gasteiger partial charge on any atom is 0.0462 e. The molecule has 0 bridgehead atoms. The number of ether oxygens (including phenoxy) is 1. The lowest BCUT2D eigenvalue weighted by Gasteiger charge is -2.13. The van der Waals surface area contributed by atoms with Gasteiger partial charge in [0.1, 0.15) is 0 Å². The topological polar surface area (TPSA) is 21.3 Å². The monoisotopic (exact) mass is 255 g/mol. The molecule has 1 heterocycles. The van der Waals surface area contributed by atoms with Gasteiger partial charge in [0.15, 0.2) is 0 Å². The van der Waals surface area contributed by atoms with E-state index < -0.39 is 0 Å². The van der Waals surface area contributed by atoms with Gasteiger partial charge in [0.25, 0.3) is 0 Å². The third-order valence-electron chi connectivity index (χ3n) is 3.02. The molecule has 0 aliphatic heterocycles. The van der Waals surface area contributed by atoms with E-state index in [1.165, 1.54) is 34.6 Å². The summed E-state index contributed by atoms with van der Waals surface area (Å²) in [4.78, 5) is 2.85. The van der Waals surface area contributed by atoms with Crippen molar-refractivity contribution in [2.45, 2.75) is 46.1 Å². The molecule has 1 unspecified atom stereocenters. The van der Waals surface area contributed by atoms with Crippen LogP contribution in [0.25, 0.3) is 0 Å². The van der Waals surface area contributed by atoms with Gasteiger partial charge < -0.3 is 10.1 Å². The molecule has 0 saturated heterocycles. The molecule has 0 fully saturated rings. The smallest absolute Gasteiger partial charge is 0.0462 e. The van der Waals surface area contributed by atoms with E-state index in [9.17, 15) is 0 Å². The van der Waals surface area contributed by atoms with Gasteiger partial charge in [-0.1, -0.05) is 0 Å². The summed E-state index contributed by atoms with van der Waals surface area (Å²) in [7, 11) is 1.77. The van der Waals surface area contributed by atoms with Crippen molar-refractivity contribution in [1.29, 1.82) is 0 Å². The molecule has 0 saturated carbocycles. The molecule has 1 aromatic heterocycles. The molecule has 0 spiro atoms. The Kier molecular flexibility index (Phi) is 6.78. The van der Waals surface area contributed by atoms with Crippen molar-refractivity contribution < 1.29 is 4.74 Å². The summed E-state index contributed by atoms with van der Waals surface area (Å²) in [5.41, 5.74) is 1.46. The van der Waals surface area contributed by atoms with Crippen LogP contribution in [0, 0.1) is 13.8 Å². The van der Waals surface area contributed by atoms with Gasteiger partial charge in [-0.15, -0.1) is 11.3 Å². The largest absolute Gasteiger partial charge is 0.385 e. The predicted molar refractivity (Wildman–Crippen MR) is 75.9 cm³/mol.